The second kappa shape index (κ2) is 14.2. The number of aromatic nitrogens is 1. The number of benzene rings is 7. The van der Waals surface area contributed by atoms with E-state index in [2.05, 4.69) is 176 Å². The van der Waals surface area contributed by atoms with Crippen molar-refractivity contribution in [3.63, 3.8) is 0 Å². The summed E-state index contributed by atoms with van der Waals surface area (Å²) >= 11 is 1.88. The summed E-state index contributed by atoms with van der Waals surface area (Å²) in [7, 11) is 0. The largest absolute Gasteiger partial charge is 0.318 e. The highest BCUT2D eigenvalue weighted by molar-refractivity contribution is 7.26. The highest BCUT2D eigenvalue weighted by Crippen LogP contribution is 2.49. The summed E-state index contributed by atoms with van der Waals surface area (Å²) in [6, 6.07) is 50.1. The van der Waals surface area contributed by atoms with Crippen LogP contribution in [0.15, 0.2) is 179 Å². The van der Waals surface area contributed by atoms with E-state index in [9.17, 15) is 0 Å². The number of hydrogen-bond donors (Lipinski definition) is 0. The van der Waals surface area contributed by atoms with Gasteiger partial charge < -0.3 is 4.57 Å². The van der Waals surface area contributed by atoms with Crippen LogP contribution in [0.1, 0.15) is 25.8 Å². The average Bonchev–Trinajstić information content (AvgIpc) is 3.78. The molecule has 0 fully saturated rings. The summed E-state index contributed by atoms with van der Waals surface area (Å²) in [4.78, 5) is 10.0. The average molecular weight is 714 g/mol. The third kappa shape index (κ3) is 5.58. The minimum Gasteiger partial charge on any atom is -0.318 e. The fourth-order valence-electron chi connectivity index (χ4n) is 8.10. The summed E-state index contributed by atoms with van der Waals surface area (Å²) in [5.74, 6) is 0. The van der Waals surface area contributed by atoms with Gasteiger partial charge in [-0.3, -0.25) is 9.98 Å². The van der Waals surface area contributed by atoms with Gasteiger partial charge in [-0.15, -0.1) is 11.3 Å². The zero-order valence-corrected chi connectivity index (χ0v) is 31.3. The Morgan fingerprint density at radius 3 is 2.02 bits per heavy atom. The van der Waals surface area contributed by atoms with Gasteiger partial charge in [-0.1, -0.05) is 153 Å². The van der Waals surface area contributed by atoms with Crippen LogP contribution in [0.4, 0.5) is 0 Å². The first kappa shape index (κ1) is 33.5. The van der Waals surface area contributed by atoms with Crippen LogP contribution in [-0.4, -0.2) is 17.0 Å². The molecule has 0 radical (unpaired) electrons. The summed E-state index contributed by atoms with van der Waals surface area (Å²) in [5, 5.41) is 10.1. The van der Waals surface area contributed by atoms with Crippen molar-refractivity contribution in [3.8, 4) is 11.1 Å². The Labute approximate surface area is 319 Å². The topological polar surface area (TPSA) is 29.6 Å². The number of nitrogens with zero attached hydrogens (tertiary/aromatic N) is 3. The molecule has 0 saturated heterocycles. The molecule has 0 unspecified atom stereocenters. The van der Waals surface area contributed by atoms with Crippen LogP contribution in [0.2, 0.25) is 0 Å². The maximum atomic E-state index is 5.55. The van der Waals surface area contributed by atoms with Gasteiger partial charge in [0.25, 0.3) is 0 Å². The predicted octanol–water partition coefficient (Wildman–Crippen LogP) is 14.2. The van der Waals surface area contributed by atoms with Crippen LogP contribution in [0.25, 0.3) is 80.3 Å². The summed E-state index contributed by atoms with van der Waals surface area (Å²) < 4.78 is 5.05. The summed E-state index contributed by atoms with van der Waals surface area (Å²) in [5.41, 5.74) is 8.62. The number of allylic oxidation sites excluding steroid dienone is 5. The molecule has 0 spiro atoms. The zero-order valence-electron chi connectivity index (χ0n) is 30.5. The Hall–Kier alpha value is -6.36. The van der Waals surface area contributed by atoms with Crippen LogP contribution in [-0.2, 0) is 6.67 Å². The quantitative estimate of drug-likeness (QED) is 0.0810. The highest BCUT2D eigenvalue weighted by Gasteiger charge is 2.23. The molecule has 0 saturated carbocycles. The summed E-state index contributed by atoms with van der Waals surface area (Å²) in [6.45, 7) is 8.61. The lowest BCUT2D eigenvalue weighted by Crippen LogP contribution is -2.04. The van der Waals surface area contributed by atoms with Gasteiger partial charge in [0.05, 0.1) is 27.1 Å². The van der Waals surface area contributed by atoms with Gasteiger partial charge in [0.2, 0.25) is 0 Å². The van der Waals surface area contributed by atoms with E-state index in [0.29, 0.717) is 6.67 Å². The molecule has 260 valence electrons. The normalized spacial score (nSPS) is 13.1. The highest BCUT2D eigenvalue weighted by atomic mass is 32.1. The molecule has 9 rings (SSSR count). The third-order valence-corrected chi connectivity index (χ3v) is 11.6. The zero-order chi connectivity index (χ0) is 36.6. The van der Waals surface area contributed by atoms with Crippen LogP contribution in [0, 0.1) is 0 Å². The number of fused-ring (bicyclic) bond motifs is 12. The number of rotatable bonds is 9. The Morgan fingerprint density at radius 2 is 1.31 bits per heavy atom. The minimum atomic E-state index is 0.417. The molecule has 3 nitrogen and oxygen atoms in total. The molecule has 0 atom stereocenters. The van der Waals surface area contributed by atoms with Crippen LogP contribution in [0.3, 0.4) is 0 Å². The molecular formula is C50H39N3S. The fraction of sp³-hybridized carbons (Fsp3) is 0.0800. The van der Waals surface area contributed by atoms with Gasteiger partial charge in [0.15, 0.2) is 0 Å². The van der Waals surface area contributed by atoms with Gasteiger partial charge in [0, 0.05) is 37.2 Å². The Bertz CT molecular complexity index is 3010. The van der Waals surface area contributed by atoms with Crippen molar-refractivity contribution < 1.29 is 0 Å². The molecule has 4 heteroatoms. The lowest BCUT2D eigenvalue weighted by atomic mass is 9.94. The molecule has 54 heavy (non-hydrogen) atoms. The van der Waals surface area contributed by atoms with Crippen molar-refractivity contribution in [1.29, 1.82) is 0 Å². The molecule has 0 aliphatic carbocycles. The first-order chi connectivity index (χ1) is 26.7. The van der Waals surface area contributed by atoms with Gasteiger partial charge in [-0.25, -0.2) is 0 Å². The SMILES string of the molecule is C=N\C(=C/C(=N\Cn1c2c(cc(-c3ccccc3)c3c4ccccc4sc32)c2c3ccccc3c3ccccc3c21)C(/C=C\C)=C/CC)c1ccccc1. The Morgan fingerprint density at radius 1 is 0.685 bits per heavy atom. The molecule has 9 aromatic rings. The number of aliphatic imine (C=N–C) groups is 2. The van der Waals surface area contributed by atoms with E-state index in [1.807, 2.05) is 29.5 Å². The molecule has 0 N–H and O–H groups in total. The van der Waals surface area contributed by atoms with E-state index < -0.39 is 0 Å². The van der Waals surface area contributed by atoms with Gasteiger partial charge in [-0.05, 0) is 71.1 Å². The van der Waals surface area contributed by atoms with E-state index in [0.717, 1.165) is 29.0 Å². The third-order valence-electron chi connectivity index (χ3n) is 10.4. The van der Waals surface area contributed by atoms with Crippen molar-refractivity contribution >= 4 is 93.0 Å². The van der Waals surface area contributed by atoms with Crippen LogP contribution < -0.4 is 0 Å². The predicted molar refractivity (Wildman–Crippen MR) is 237 cm³/mol. The lowest BCUT2D eigenvalue weighted by molar-refractivity contribution is 0.798. The fourth-order valence-corrected chi connectivity index (χ4v) is 9.39. The first-order valence-corrected chi connectivity index (χ1v) is 19.4. The van der Waals surface area contributed by atoms with Crippen molar-refractivity contribution in [1.82, 2.24) is 4.57 Å². The van der Waals surface area contributed by atoms with E-state index in [4.69, 9.17) is 4.99 Å². The second-order valence-corrected chi connectivity index (χ2v) is 14.6. The molecule has 2 heterocycles. The lowest BCUT2D eigenvalue weighted by Gasteiger charge is -2.12. The van der Waals surface area contributed by atoms with E-state index in [1.54, 1.807) is 0 Å². The van der Waals surface area contributed by atoms with Crippen molar-refractivity contribution in [2.24, 2.45) is 9.98 Å². The number of thiophene rings is 1. The minimum absolute atomic E-state index is 0.417. The standard InChI is InChI=1S/C50H39N3S/c1-4-18-34(19-5-2)44(31-43(51-3)35-22-10-7-11-23-35)52-32-53-48-39-27-15-13-25-37(39)36-24-12-14-26-38(36)46(48)42-30-41(33-20-8-6-9-21-33)47-40-28-16-17-29-45(40)54-50(47)49(42)53/h4,6-31H,3,5,32H2,1-2H3/b18-4-,34-19+,43-31-,52-44+. The molecule has 0 amide bonds. The molecule has 2 aromatic heterocycles. The molecular weight excluding hydrogens is 675 g/mol. The molecule has 0 aliphatic rings. The molecule has 0 aliphatic heterocycles. The van der Waals surface area contributed by atoms with Crippen molar-refractivity contribution in [3.05, 3.63) is 175 Å². The van der Waals surface area contributed by atoms with Gasteiger partial charge in [0.1, 0.15) is 6.67 Å². The van der Waals surface area contributed by atoms with Gasteiger partial charge in [-0.2, -0.15) is 0 Å². The summed E-state index contributed by atoms with van der Waals surface area (Å²) in [6.07, 6.45) is 9.45. The Balaban J connectivity index is 1.45. The van der Waals surface area contributed by atoms with Gasteiger partial charge >= 0.3 is 0 Å². The monoisotopic (exact) mass is 713 g/mol. The molecule has 7 aromatic carbocycles. The van der Waals surface area contributed by atoms with Crippen LogP contribution >= 0.6 is 11.3 Å². The smallest absolute Gasteiger partial charge is 0.115 e. The maximum absolute atomic E-state index is 5.55. The van der Waals surface area contributed by atoms with Crippen molar-refractivity contribution in [2.75, 3.05) is 0 Å². The molecule has 0 bridgehead atoms. The second-order valence-electron chi connectivity index (χ2n) is 13.5. The maximum Gasteiger partial charge on any atom is 0.115 e. The number of hydrogen-bond acceptors (Lipinski definition) is 3. The first-order valence-electron chi connectivity index (χ1n) is 18.6. The van der Waals surface area contributed by atoms with E-state index >= 15 is 0 Å². The van der Waals surface area contributed by atoms with E-state index in [1.165, 1.54) is 74.6 Å². The van der Waals surface area contributed by atoms with Crippen LogP contribution in [0.5, 0.6) is 0 Å². The van der Waals surface area contributed by atoms with E-state index in [-0.39, 0.29) is 0 Å². The Kier molecular flexibility index (Phi) is 8.82. The van der Waals surface area contributed by atoms with Crippen molar-refractivity contribution in [2.45, 2.75) is 26.9 Å².